The molecule has 1 amide bonds. The highest BCUT2D eigenvalue weighted by molar-refractivity contribution is 6.10. The fraction of sp³-hybridized carbons (Fsp3) is 0. The number of nitrogens with one attached hydrogen (secondary N) is 2. The molecule has 1 aromatic heterocycles. The van der Waals surface area contributed by atoms with Crippen molar-refractivity contribution < 1.29 is 9.59 Å². The van der Waals surface area contributed by atoms with E-state index in [1.54, 1.807) is 54.6 Å². The number of aromatic amines is 1. The summed E-state index contributed by atoms with van der Waals surface area (Å²) in [5.74, 6) is 0.0420. The van der Waals surface area contributed by atoms with Crippen LogP contribution in [0.2, 0.25) is 0 Å². The highest BCUT2D eigenvalue weighted by Crippen LogP contribution is 2.19. The monoisotopic (exact) mass is 341 g/mol. The molecule has 0 atom stereocenters. The van der Waals surface area contributed by atoms with Gasteiger partial charge in [0.15, 0.2) is 5.78 Å². The smallest absolute Gasteiger partial charge is 0.257 e. The van der Waals surface area contributed by atoms with Gasteiger partial charge in [0.25, 0.3) is 5.91 Å². The van der Waals surface area contributed by atoms with Gasteiger partial charge in [-0.15, -0.1) is 0 Å². The maximum absolute atomic E-state index is 12.6. The first-order valence-corrected chi connectivity index (χ1v) is 8.16. The van der Waals surface area contributed by atoms with Crippen molar-refractivity contribution in [1.82, 2.24) is 9.97 Å². The van der Waals surface area contributed by atoms with Gasteiger partial charge in [0.2, 0.25) is 5.95 Å². The summed E-state index contributed by atoms with van der Waals surface area (Å²) in [6.45, 7) is 0. The summed E-state index contributed by atoms with van der Waals surface area (Å²) in [4.78, 5) is 32.2. The molecule has 4 aromatic rings. The number of fused-ring (bicyclic) bond motifs is 1. The summed E-state index contributed by atoms with van der Waals surface area (Å²) in [7, 11) is 0. The van der Waals surface area contributed by atoms with Crippen LogP contribution in [0.15, 0.2) is 78.9 Å². The molecular formula is C21H15N3O2. The lowest BCUT2D eigenvalue weighted by Crippen LogP contribution is -2.12. The first-order chi connectivity index (χ1) is 12.7. The number of nitrogens with zero attached hydrogens (tertiary/aromatic N) is 1. The van der Waals surface area contributed by atoms with Crippen molar-refractivity contribution in [1.29, 1.82) is 0 Å². The third kappa shape index (κ3) is 3.10. The van der Waals surface area contributed by atoms with E-state index in [0.717, 1.165) is 0 Å². The van der Waals surface area contributed by atoms with Gasteiger partial charge in [-0.25, -0.2) is 4.98 Å². The Morgan fingerprint density at radius 1 is 0.769 bits per heavy atom. The number of carbonyl (C=O) groups excluding carboxylic acids is 2. The number of rotatable bonds is 4. The quantitative estimate of drug-likeness (QED) is 0.550. The van der Waals surface area contributed by atoms with Gasteiger partial charge in [0.1, 0.15) is 0 Å². The molecule has 0 bridgehead atoms. The standard InChI is InChI=1S/C21H15N3O2/c25-19(14-7-3-1-4-8-14)16-11-12-17-18(13-16)23-21(22-17)24-20(26)15-9-5-2-6-10-15/h1-13H,(H2,22,23,24,26). The second-order valence-electron chi connectivity index (χ2n) is 5.83. The summed E-state index contributed by atoms with van der Waals surface area (Å²) in [5, 5.41) is 2.74. The predicted octanol–water partition coefficient (Wildman–Crippen LogP) is 4.05. The molecule has 0 saturated carbocycles. The van der Waals surface area contributed by atoms with Crippen LogP contribution in [0.1, 0.15) is 26.3 Å². The number of aromatic nitrogens is 2. The lowest BCUT2D eigenvalue weighted by atomic mass is 10.0. The topological polar surface area (TPSA) is 74.8 Å². The molecule has 0 spiro atoms. The van der Waals surface area contributed by atoms with Crippen LogP contribution in [0.25, 0.3) is 11.0 Å². The maximum atomic E-state index is 12.6. The lowest BCUT2D eigenvalue weighted by Gasteiger charge is -2.01. The van der Waals surface area contributed by atoms with Crippen LogP contribution in [0.4, 0.5) is 5.95 Å². The molecule has 5 nitrogen and oxygen atoms in total. The number of amides is 1. The van der Waals surface area contributed by atoms with E-state index in [-0.39, 0.29) is 11.7 Å². The fourth-order valence-corrected chi connectivity index (χ4v) is 2.74. The summed E-state index contributed by atoms with van der Waals surface area (Å²) >= 11 is 0. The van der Waals surface area contributed by atoms with Crippen molar-refractivity contribution >= 4 is 28.7 Å². The average molecular weight is 341 g/mol. The molecule has 0 aliphatic carbocycles. The van der Waals surface area contributed by atoms with Crippen molar-refractivity contribution in [2.24, 2.45) is 0 Å². The van der Waals surface area contributed by atoms with Gasteiger partial charge < -0.3 is 4.98 Å². The van der Waals surface area contributed by atoms with Crippen LogP contribution in [0.5, 0.6) is 0 Å². The van der Waals surface area contributed by atoms with Crippen molar-refractivity contribution in [2.75, 3.05) is 5.32 Å². The summed E-state index contributed by atoms with van der Waals surface area (Å²) in [6.07, 6.45) is 0. The van der Waals surface area contributed by atoms with E-state index in [1.807, 2.05) is 24.3 Å². The summed E-state index contributed by atoms with van der Waals surface area (Å²) < 4.78 is 0. The van der Waals surface area contributed by atoms with Gasteiger partial charge in [0.05, 0.1) is 11.0 Å². The number of anilines is 1. The number of hydrogen-bond acceptors (Lipinski definition) is 3. The number of imidazole rings is 1. The van der Waals surface area contributed by atoms with E-state index in [4.69, 9.17) is 0 Å². The molecule has 3 aromatic carbocycles. The average Bonchev–Trinajstić information content (AvgIpc) is 3.10. The molecule has 0 saturated heterocycles. The Hall–Kier alpha value is -3.73. The van der Waals surface area contributed by atoms with Crippen molar-refractivity contribution in [3.8, 4) is 0 Å². The Morgan fingerprint density at radius 2 is 1.42 bits per heavy atom. The van der Waals surface area contributed by atoms with Gasteiger partial charge in [-0.3, -0.25) is 14.9 Å². The number of benzene rings is 3. The highest BCUT2D eigenvalue weighted by Gasteiger charge is 2.12. The summed E-state index contributed by atoms with van der Waals surface area (Å²) in [5.41, 5.74) is 3.11. The molecule has 0 fully saturated rings. The van der Waals surface area contributed by atoms with Gasteiger partial charge in [0, 0.05) is 16.7 Å². The van der Waals surface area contributed by atoms with Gasteiger partial charge in [-0.1, -0.05) is 48.5 Å². The fourth-order valence-electron chi connectivity index (χ4n) is 2.74. The SMILES string of the molecule is O=C(Nc1nc2ccc(C(=O)c3ccccc3)cc2[nH]1)c1ccccc1. The van der Waals surface area contributed by atoms with E-state index >= 15 is 0 Å². The Kier molecular flexibility index (Phi) is 4.03. The zero-order valence-electron chi connectivity index (χ0n) is 13.8. The lowest BCUT2D eigenvalue weighted by molar-refractivity contribution is 0.102. The minimum atomic E-state index is -0.245. The van der Waals surface area contributed by atoms with Gasteiger partial charge in [-0.2, -0.15) is 0 Å². The molecule has 26 heavy (non-hydrogen) atoms. The zero-order chi connectivity index (χ0) is 17.9. The molecule has 0 unspecified atom stereocenters. The van der Waals surface area contributed by atoms with Gasteiger partial charge in [-0.05, 0) is 30.3 Å². The zero-order valence-corrected chi connectivity index (χ0v) is 13.8. The molecule has 0 aliphatic rings. The van der Waals surface area contributed by atoms with E-state index in [2.05, 4.69) is 15.3 Å². The van der Waals surface area contributed by atoms with Crippen LogP contribution in [0.3, 0.4) is 0 Å². The second-order valence-corrected chi connectivity index (χ2v) is 5.83. The van der Waals surface area contributed by atoms with Crippen LogP contribution >= 0.6 is 0 Å². The van der Waals surface area contributed by atoms with E-state index in [1.165, 1.54) is 0 Å². The molecule has 5 heteroatoms. The Labute approximate surface area is 149 Å². The van der Waals surface area contributed by atoms with E-state index in [0.29, 0.717) is 33.7 Å². The predicted molar refractivity (Wildman–Crippen MR) is 100 cm³/mol. The number of H-pyrrole nitrogens is 1. The first kappa shape index (κ1) is 15.8. The molecule has 4 rings (SSSR count). The molecular weight excluding hydrogens is 326 g/mol. The second kappa shape index (κ2) is 6.64. The Morgan fingerprint density at radius 3 is 2.12 bits per heavy atom. The molecule has 0 radical (unpaired) electrons. The summed E-state index contributed by atoms with van der Waals surface area (Å²) in [6, 6.07) is 23.3. The molecule has 2 N–H and O–H groups in total. The van der Waals surface area contributed by atoms with Crippen LogP contribution in [0, 0.1) is 0 Å². The Balaban J connectivity index is 1.60. The van der Waals surface area contributed by atoms with Gasteiger partial charge >= 0.3 is 0 Å². The number of carbonyl (C=O) groups is 2. The Bertz CT molecular complexity index is 1090. The third-order valence-electron chi connectivity index (χ3n) is 4.05. The van der Waals surface area contributed by atoms with Crippen molar-refractivity contribution in [3.63, 3.8) is 0 Å². The van der Waals surface area contributed by atoms with Crippen LogP contribution in [-0.4, -0.2) is 21.7 Å². The van der Waals surface area contributed by atoms with E-state index in [9.17, 15) is 9.59 Å². The van der Waals surface area contributed by atoms with Crippen molar-refractivity contribution in [2.45, 2.75) is 0 Å². The van der Waals surface area contributed by atoms with E-state index < -0.39 is 0 Å². The minimum Gasteiger partial charge on any atom is -0.324 e. The first-order valence-electron chi connectivity index (χ1n) is 8.16. The maximum Gasteiger partial charge on any atom is 0.257 e. The molecule has 0 aliphatic heterocycles. The van der Waals surface area contributed by atoms with Crippen LogP contribution < -0.4 is 5.32 Å². The number of hydrogen-bond donors (Lipinski definition) is 2. The third-order valence-corrected chi connectivity index (χ3v) is 4.05. The van der Waals surface area contributed by atoms with Crippen LogP contribution in [-0.2, 0) is 0 Å². The largest absolute Gasteiger partial charge is 0.324 e. The normalized spacial score (nSPS) is 10.6. The molecule has 1 heterocycles. The van der Waals surface area contributed by atoms with Crippen molar-refractivity contribution in [3.05, 3.63) is 95.6 Å². The minimum absolute atomic E-state index is 0.0584. The number of ketones is 1. The molecule has 126 valence electrons. The highest BCUT2D eigenvalue weighted by atomic mass is 16.1.